The van der Waals surface area contributed by atoms with Crippen LogP contribution in [-0.4, -0.2) is 58.1 Å². The summed E-state index contributed by atoms with van der Waals surface area (Å²) in [6, 6.07) is 5.80. The maximum atomic E-state index is 14.2. The number of halogens is 2. The molecule has 0 unspecified atom stereocenters. The number of urea groups is 1. The molecular formula is C20H24F2N4O2. The minimum absolute atomic E-state index is 0.0948. The number of H-pyrrole nitrogens is 1. The first-order valence-corrected chi connectivity index (χ1v) is 9.63. The zero-order valence-corrected chi connectivity index (χ0v) is 15.8. The van der Waals surface area contributed by atoms with Gasteiger partial charge in [-0.2, -0.15) is 0 Å². The first-order chi connectivity index (χ1) is 13.4. The van der Waals surface area contributed by atoms with E-state index in [-0.39, 0.29) is 49.3 Å². The van der Waals surface area contributed by atoms with Crippen molar-refractivity contribution in [3.8, 4) is 0 Å². The monoisotopic (exact) mass is 390 g/mol. The average Bonchev–Trinajstić information content (AvgIpc) is 3.38. The first-order valence-electron chi connectivity index (χ1n) is 9.63. The number of amides is 3. The molecule has 1 aliphatic heterocycles. The number of alkyl halides is 1. The number of fused-ring (bicyclic) bond motifs is 1. The molecule has 6 nitrogen and oxygen atoms in total. The van der Waals surface area contributed by atoms with E-state index in [1.807, 2.05) is 0 Å². The molecule has 2 N–H and O–H groups in total. The molecule has 0 radical (unpaired) electrons. The largest absolute Gasteiger partial charge is 0.357 e. The molecule has 1 aliphatic carbocycles. The highest BCUT2D eigenvalue weighted by Crippen LogP contribution is 2.32. The van der Waals surface area contributed by atoms with Gasteiger partial charge in [-0.3, -0.25) is 4.79 Å². The topological polar surface area (TPSA) is 68.4 Å². The molecule has 2 fully saturated rings. The number of aromatic amines is 1. The second-order valence-corrected chi connectivity index (χ2v) is 7.73. The molecule has 4 rings (SSSR count). The van der Waals surface area contributed by atoms with Crippen LogP contribution in [0.2, 0.25) is 0 Å². The molecule has 2 aromatic rings. The van der Waals surface area contributed by atoms with Crippen molar-refractivity contribution in [2.24, 2.45) is 0 Å². The Bertz CT molecular complexity index is 895. The summed E-state index contributed by atoms with van der Waals surface area (Å²) < 4.78 is 27.5. The van der Waals surface area contributed by atoms with Crippen molar-refractivity contribution in [1.82, 2.24) is 20.1 Å². The number of nitrogens with zero attached hydrogens (tertiary/aromatic N) is 2. The van der Waals surface area contributed by atoms with E-state index in [0.717, 1.165) is 29.4 Å². The lowest BCUT2D eigenvalue weighted by molar-refractivity contribution is -0.132. The van der Waals surface area contributed by atoms with Gasteiger partial charge in [-0.05, 0) is 37.1 Å². The molecule has 2 heterocycles. The van der Waals surface area contributed by atoms with Crippen molar-refractivity contribution in [2.45, 2.75) is 51.0 Å². The SMILES string of the molecule is CC(=O)N1C[C@@H](F)C[C@@H](N(C(=O)NCc2cc3cc(F)ccc3[nH]2)C2CC2)C1. The molecule has 0 spiro atoms. The molecule has 1 aromatic heterocycles. The number of benzene rings is 1. The molecule has 2 aliphatic rings. The van der Waals surface area contributed by atoms with Gasteiger partial charge >= 0.3 is 6.03 Å². The fraction of sp³-hybridized carbons (Fsp3) is 0.500. The van der Waals surface area contributed by atoms with Gasteiger partial charge < -0.3 is 20.1 Å². The predicted molar refractivity (Wildman–Crippen MR) is 101 cm³/mol. The van der Waals surface area contributed by atoms with Gasteiger partial charge in [0.05, 0.1) is 19.1 Å². The Morgan fingerprint density at radius 3 is 2.75 bits per heavy atom. The summed E-state index contributed by atoms with van der Waals surface area (Å²) >= 11 is 0. The van der Waals surface area contributed by atoms with Crippen LogP contribution in [0.3, 0.4) is 0 Å². The van der Waals surface area contributed by atoms with Gasteiger partial charge in [-0.15, -0.1) is 0 Å². The van der Waals surface area contributed by atoms with Crippen LogP contribution < -0.4 is 5.32 Å². The van der Waals surface area contributed by atoms with Crippen LogP contribution >= 0.6 is 0 Å². The Kier molecular flexibility index (Phi) is 4.95. The highest BCUT2D eigenvalue weighted by Gasteiger charge is 2.41. The second kappa shape index (κ2) is 7.41. The summed E-state index contributed by atoms with van der Waals surface area (Å²) in [6.07, 6.45) is 0.916. The fourth-order valence-electron chi connectivity index (χ4n) is 3.97. The van der Waals surface area contributed by atoms with Gasteiger partial charge in [0.2, 0.25) is 5.91 Å². The zero-order valence-electron chi connectivity index (χ0n) is 15.8. The Balaban J connectivity index is 1.44. The van der Waals surface area contributed by atoms with E-state index in [1.54, 1.807) is 17.0 Å². The molecule has 3 amide bonds. The van der Waals surface area contributed by atoms with Crippen molar-refractivity contribution in [3.63, 3.8) is 0 Å². The maximum absolute atomic E-state index is 14.2. The molecule has 0 bridgehead atoms. The summed E-state index contributed by atoms with van der Waals surface area (Å²) in [5.74, 6) is -0.482. The van der Waals surface area contributed by atoms with E-state index < -0.39 is 6.17 Å². The molecule has 2 atom stereocenters. The number of carbonyl (C=O) groups is 2. The molecular weight excluding hydrogens is 366 g/mol. The number of hydrogen-bond donors (Lipinski definition) is 2. The van der Waals surface area contributed by atoms with Crippen molar-refractivity contribution < 1.29 is 18.4 Å². The van der Waals surface area contributed by atoms with E-state index in [9.17, 15) is 18.4 Å². The van der Waals surface area contributed by atoms with Crippen LogP contribution in [0.5, 0.6) is 0 Å². The molecule has 150 valence electrons. The second-order valence-electron chi connectivity index (χ2n) is 7.73. The minimum Gasteiger partial charge on any atom is -0.357 e. The van der Waals surface area contributed by atoms with Crippen LogP contribution in [0, 0.1) is 5.82 Å². The Labute approximate surface area is 161 Å². The third-order valence-electron chi connectivity index (χ3n) is 5.46. The van der Waals surface area contributed by atoms with Crippen LogP contribution in [0.15, 0.2) is 24.3 Å². The number of piperidine rings is 1. The van der Waals surface area contributed by atoms with Crippen LogP contribution in [0.1, 0.15) is 31.9 Å². The summed E-state index contributed by atoms with van der Waals surface area (Å²) in [4.78, 5) is 30.9. The number of rotatable bonds is 4. The highest BCUT2D eigenvalue weighted by molar-refractivity contribution is 5.81. The first kappa shape index (κ1) is 18.7. The van der Waals surface area contributed by atoms with Crippen LogP contribution in [0.4, 0.5) is 13.6 Å². The zero-order chi connectivity index (χ0) is 19.8. The van der Waals surface area contributed by atoms with Crippen molar-refractivity contribution in [1.29, 1.82) is 0 Å². The third kappa shape index (κ3) is 3.95. The molecule has 28 heavy (non-hydrogen) atoms. The maximum Gasteiger partial charge on any atom is 0.318 e. The summed E-state index contributed by atoms with van der Waals surface area (Å²) in [7, 11) is 0. The summed E-state index contributed by atoms with van der Waals surface area (Å²) in [5.41, 5.74) is 1.57. The summed E-state index contributed by atoms with van der Waals surface area (Å²) in [6.45, 7) is 2.15. The summed E-state index contributed by atoms with van der Waals surface area (Å²) in [5, 5.41) is 3.63. The van der Waals surface area contributed by atoms with Gasteiger partial charge in [0.1, 0.15) is 12.0 Å². The molecule has 1 saturated carbocycles. The van der Waals surface area contributed by atoms with E-state index in [2.05, 4.69) is 10.3 Å². The normalized spacial score (nSPS) is 22.3. The lowest BCUT2D eigenvalue weighted by Gasteiger charge is -2.40. The van der Waals surface area contributed by atoms with Gasteiger partial charge in [-0.25, -0.2) is 13.6 Å². The van der Waals surface area contributed by atoms with E-state index in [4.69, 9.17) is 0 Å². The van der Waals surface area contributed by atoms with Gasteiger partial charge in [0.15, 0.2) is 0 Å². The fourth-order valence-corrected chi connectivity index (χ4v) is 3.97. The molecule has 8 heteroatoms. The number of hydrogen-bond acceptors (Lipinski definition) is 2. The Hall–Kier alpha value is -2.64. The van der Waals surface area contributed by atoms with Gasteiger partial charge in [-0.1, -0.05) is 0 Å². The average molecular weight is 390 g/mol. The number of aromatic nitrogens is 1. The van der Waals surface area contributed by atoms with Gasteiger partial charge in [0.25, 0.3) is 0 Å². The van der Waals surface area contributed by atoms with Crippen LogP contribution in [-0.2, 0) is 11.3 Å². The standard InChI is InChI=1S/C20H24F2N4O2/c1-12(27)25-10-15(22)8-18(11-25)26(17-3-4-17)20(28)23-9-16-7-13-6-14(21)2-5-19(13)24-16/h2,5-7,15,17-18,24H,3-4,8-11H2,1H3,(H,23,28)/t15-,18+/m0/s1. The van der Waals surface area contributed by atoms with Crippen molar-refractivity contribution >= 4 is 22.8 Å². The number of carbonyl (C=O) groups excluding carboxylic acids is 2. The Morgan fingerprint density at radius 1 is 1.25 bits per heavy atom. The van der Waals surface area contributed by atoms with Crippen molar-refractivity contribution in [2.75, 3.05) is 13.1 Å². The minimum atomic E-state index is -1.12. The van der Waals surface area contributed by atoms with Crippen LogP contribution in [0.25, 0.3) is 10.9 Å². The predicted octanol–water partition coefficient (Wildman–Crippen LogP) is 2.94. The van der Waals surface area contributed by atoms with E-state index >= 15 is 0 Å². The lowest BCUT2D eigenvalue weighted by Crippen LogP contribution is -2.57. The smallest absolute Gasteiger partial charge is 0.318 e. The highest BCUT2D eigenvalue weighted by atomic mass is 19.1. The van der Waals surface area contributed by atoms with E-state index in [0.29, 0.717) is 6.54 Å². The van der Waals surface area contributed by atoms with Crippen molar-refractivity contribution in [3.05, 3.63) is 35.8 Å². The molecule has 1 aromatic carbocycles. The number of nitrogens with one attached hydrogen (secondary N) is 2. The van der Waals surface area contributed by atoms with E-state index in [1.165, 1.54) is 24.0 Å². The number of likely N-dealkylation sites (tertiary alicyclic amines) is 1. The van der Waals surface area contributed by atoms with Gasteiger partial charge in [0, 0.05) is 42.5 Å². The third-order valence-corrected chi connectivity index (χ3v) is 5.46. The lowest BCUT2D eigenvalue weighted by atomic mass is 10.0. The molecule has 1 saturated heterocycles. The quantitative estimate of drug-likeness (QED) is 0.843. The Morgan fingerprint density at radius 2 is 2.04 bits per heavy atom.